The normalized spacial score (nSPS) is 14.9. The van der Waals surface area contributed by atoms with Crippen molar-refractivity contribution in [1.82, 2.24) is 9.21 Å². The Labute approximate surface area is 186 Å². The van der Waals surface area contributed by atoms with E-state index in [1.807, 2.05) is 0 Å². The molecule has 0 unspecified atom stereocenters. The standard InChI is InChI=1S/C19H24Cl2N2O6S/c1-4-22(11-13(2)3)18(24)12-29-19(25)14-9-17(16(21)10-15(14)20)30(26,27)23-5-7-28-8-6-23/h9-10H,2,4-8,11-12H2,1,3H3. The van der Waals surface area contributed by atoms with Gasteiger partial charge in [0.1, 0.15) is 4.90 Å². The fourth-order valence-electron chi connectivity index (χ4n) is 2.81. The summed E-state index contributed by atoms with van der Waals surface area (Å²) < 4.78 is 37.3. The molecule has 0 aromatic heterocycles. The van der Waals surface area contributed by atoms with E-state index in [4.69, 9.17) is 32.7 Å². The van der Waals surface area contributed by atoms with Crippen LogP contribution in [0.4, 0.5) is 0 Å². The molecule has 0 bridgehead atoms. The van der Waals surface area contributed by atoms with Gasteiger partial charge in [0.15, 0.2) is 6.61 Å². The van der Waals surface area contributed by atoms with Crippen LogP contribution >= 0.6 is 23.2 Å². The van der Waals surface area contributed by atoms with Crippen molar-refractivity contribution in [2.24, 2.45) is 0 Å². The first-order valence-electron chi connectivity index (χ1n) is 9.24. The first-order chi connectivity index (χ1) is 14.1. The van der Waals surface area contributed by atoms with Crippen LogP contribution in [0.3, 0.4) is 0 Å². The van der Waals surface area contributed by atoms with Gasteiger partial charge >= 0.3 is 5.97 Å². The van der Waals surface area contributed by atoms with E-state index in [1.54, 1.807) is 13.8 Å². The first kappa shape index (κ1) is 24.6. The average molecular weight is 479 g/mol. The van der Waals surface area contributed by atoms with Gasteiger partial charge in [0.05, 0.1) is 28.8 Å². The molecule has 1 aromatic rings. The minimum absolute atomic E-state index is 0.0762. The molecule has 1 amide bonds. The predicted molar refractivity (Wildman–Crippen MR) is 113 cm³/mol. The lowest BCUT2D eigenvalue weighted by atomic mass is 10.2. The number of amides is 1. The molecule has 1 aliphatic rings. The zero-order chi connectivity index (χ0) is 22.5. The van der Waals surface area contributed by atoms with Crippen molar-refractivity contribution in [3.63, 3.8) is 0 Å². The van der Waals surface area contributed by atoms with E-state index < -0.39 is 28.5 Å². The minimum atomic E-state index is -3.96. The van der Waals surface area contributed by atoms with Crippen LogP contribution in [0.2, 0.25) is 10.0 Å². The maximum absolute atomic E-state index is 12.9. The quantitative estimate of drug-likeness (QED) is 0.421. The summed E-state index contributed by atoms with van der Waals surface area (Å²) in [6, 6.07) is 2.25. The number of esters is 1. The van der Waals surface area contributed by atoms with E-state index in [0.29, 0.717) is 13.1 Å². The zero-order valence-electron chi connectivity index (χ0n) is 16.8. The van der Waals surface area contributed by atoms with Crippen molar-refractivity contribution in [3.05, 3.63) is 39.9 Å². The van der Waals surface area contributed by atoms with Crippen LogP contribution in [0.1, 0.15) is 24.2 Å². The second-order valence-electron chi connectivity index (χ2n) is 6.72. The lowest BCUT2D eigenvalue weighted by Gasteiger charge is -2.26. The smallest absolute Gasteiger partial charge is 0.340 e. The summed E-state index contributed by atoms with van der Waals surface area (Å²) in [7, 11) is -3.96. The Morgan fingerprint density at radius 2 is 1.87 bits per heavy atom. The van der Waals surface area contributed by atoms with Gasteiger partial charge in [-0.1, -0.05) is 35.4 Å². The third kappa shape index (κ3) is 5.95. The molecular formula is C19H24Cl2N2O6S. The summed E-state index contributed by atoms with van der Waals surface area (Å²) >= 11 is 12.2. The fourth-order valence-corrected chi connectivity index (χ4v) is 5.04. The van der Waals surface area contributed by atoms with Crippen LogP contribution in [0.15, 0.2) is 29.2 Å². The molecule has 1 aromatic carbocycles. The molecule has 1 heterocycles. The van der Waals surface area contributed by atoms with Crippen LogP contribution in [0.25, 0.3) is 0 Å². The number of hydrogen-bond acceptors (Lipinski definition) is 6. The van der Waals surface area contributed by atoms with E-state index >= 15 is 0 Å². The number of likely N-dealkylation sites (N-methyl/N-ethyl adjacent to an activating group) is 1. The number of carbonyl (C=O) groups excluding carboxylic acids is 2. The molecule has 0 radical (unpaired) electrons. The third-order valence-electron chi connectivity index (χ3n) is 4.35. The molecule has 1 saturated heterocycles. The highest BCUT2D eigenvalue weighted by atomic mass is 35.5. The Morgan fingerprint density at radius 3 is 2.43 bits per heavy atom. The zero-order valence-corrected chi connectivity index (χ0v) is 19.1. The SMILES string of the molecule is C=C(C)CN(CC)C(=O)COC(=O)c1cc(S(=O)(=O)N2CCOCC2)c(Cl)cc1Cl. The van der Waals surface area contributed by atoms with Gasteiger partial charge in [0, 0.05) is 26.2 Å². The lowest BCUT2D eigenvalue weighted by molar-refractivity contribution is -0.133. The number of morpholine rings is 1. The summed E-state index contributed by atoms with van der Waals surface area (Å²) in [6.45, 7) is 8.46. The maximum atomic E-state index is 12.9. The van der Waals surface area contributed by atoms with Crippen LogP contribution < -0.4 is 0 Å². The Kier molecular flexibility index (Phi) is 8.69. The highest BCUT2D eigenvalue weighted by molar-refractivity contribution is 7.89. The van der Waals surface area contributed by atoms with Crippen molar-refractivity contribution < 1.29 is 27.5 Å². The topological polar surface area (TPSA) is 93.2 Å². The summed E-state index contributed by atoms with van der Waals surface area (Å²) in [5, 5.41) is -0.189. The van der Waals surface area contributed by atoms with Gasteiger partial charge in [-0.3, -0.25) is 4.79 Å². The number of hydrogen-bond donors (Lipinski definition) is 0. The van der Waals surface area contributed by atoms with Crippen LogP contribution in [-0.2, 0) is 24.3 Å². The van der Waals surface area contributed by atoms with Crippen LogP contribution in [0.5, 0.6) is 0 Å². The van der Waals surface area contributed by atoms with E-state index in [0.717, 1.165) is 11.6 Å². The van der Waals surface area contributed by atoms with E-state index in [9.17, 15) is 18.0 Å². The maximum Gasteiger partial charge on any atom is 0.340 e. The van der Waals surface area contributed by atoms with Gasteiger partial charge in [-0.05, 0) is 26.0 Å². The van der Waals surface area contributed by atoms with Crippen molar-refractivity contribution in [2.75, 3.05) is 46.0 Å². The van der Waals surface area contributed by atoms with Crippen molar-refractivity contribution >= 4 is 45.1 Å². The second kappa shape index (κ2) is 10.6. The van der Waals surface area contributed by atoms with Crippen LogP contribution in [0, 0.1) is 0 Å². The third-order valence-corrected chi connectivity index (χ3v) is 7.03. The lowest BCUT2D eigenvalue weighted by Crippen LogP contribution is -2.40. The number of nitrogens with zero attached hydrogens (tertiary/aromatic N) is 2. The summed E-state index contributed by atoms with van der Waals surface area (Å²) in [5.74, 6) is -1.32. The number of ether oxygens (including phenoxy) is 2. The second-order valence-corrected chi connectivity index (χ2v) is 9.44. The highest BCUT2D eigenvalue weighted by Crippen LogP contribution is 2.31. The number of halogens is 2. The molecule has 30 heavy (non-hydrogen) atoms. The number of carbonyl (C=O) groups is 2. The number of benzene rings is 1. The minimum Gasteiger partial charge on any atom is -0.452 e. The summed E-state index contributed by atoms with van der Waals surface area (Å²) in [4.78, 5) is 26.0. The average Bonchev–Trinajstić information content (AvgIpc) is 2.70. The molecule has 8 nitrogen and oxygen atoms in total. The van der Waals surface area contributed by atoms with Gasteiger partial charge in [-0.15, -0.1) is 0 Å². The number of rotatable bonds is 8. The van der Waals surface area contributed by atoms with Gasteiger partial charge in [0.25, 0.3) is 5.91 Å². The Bertz CT molecular complexity index is 929. The molecule has 0 spiro atoms. The molecule has 0 aliphatic carbocycles. The Hall–Kier alpha value is -1.65. The molecule has 1 fully saturated rings. The van der Waals surface area contributed by atoms with Crippen LogP contribution in [-0.4, -0.2) is 75.5 Å². The fraction of sp³-hybridized carbons (Fsp3) is 0.474. The first-order valence-corrected chi connectivity index (χ1v) is 11.4. The molecule has 0 saturated carbocycles. The summed E-state index contributed by atoms with van der Waals surface area (Å²) in [6.07, 6.45) is 0. The van der Waals surface area contributed by atoms with Gasteiger partial charge in [-0.2, -0.15) is 4.31 Å². The molecular weight excluding hydrogens is 455 g/mol. The van der Waals surface area contributed by atoms with Gasteiger partial charge < -0.3 is 14.4 Å². The van der Waals surface area contributed by atoms with E-state index in [1.165, 1.54) is 15.3 Å². The summed E-state index contributed by atoms with van der Waals surface area (Å²) in [5.41, 5.74) is 0.596. The molecule has 0 atom stereocenters. The molecule has 1 aliphatic heterocycles. The molecule has 166 valence electrons. The Balaban J connectivity index is 2.21. The largest absolute Gasteiger partial charge is 0.452 e. The van der Waals surface area contributed by atoms with Gasteiger partial charge in [0.2, 0.25) is 10.0 Å². The van der Waals surface area contributed by atoms with E-state index in [-0.39, 0.29) is 46.8 Å². The predicted octanol–water partition coefficient (Wildman–Crippen LogP) is 2.60. The molecule has 11 heteroatoms. The van der Waals surface area contributed by atoms with Crippen molar-refractivity contribution in [3.8, 4) is 0 Å². The highest BCUT2D eigenvalue weighted by Gasteiger charge is 2.30. The Morgan fingerprint density at radius 1 is 1.23 bits per heavy atom. The molecule has 0 N–H and O–H groups in total. The molecule has 2 rings (SSSR count). The van der Waals surface area contributed by atoms with Crippen molar-refractivity contribution in [1.29, 1.82) is 0 Å². The van der Waals surface area contributed by atoms with Crippen molar-refractivity contribution in [2.45, 2.75) is 18.7 Å². The number of sulfonamides is 1. The van der Waals surface area contributed by atoms with E-state index in [2.05, 4.69) is 6.58 Å². The monoisotopic (exact) mass is 478 g/mol. The van der Waals surface area contributed by atoms with Gasteiger partial charge in [-0.25, -0.2) is 13.2 Å².